The maximum Gasteiger partial charge on any atom is 0.315 e. The van der Waals surface area contributed by atoms with Crippen molar-refractivity contribution in [3.63, 3.8) is 0 Å². The topological polar surface area (TPSA) is 61.4 Å². The number of nitrogens with zero attached hydrogens (tertiary/aromatic N) is 1. The summed E-state index contributed by atoms with van der Waals surface area (Å²) >= 11 is 0. The van der Waals surface area contributed by atoms with E-state index in [-0.39, 0.29) is 17.5 Å². The average molecular weight is 241 g/mol. The fourth-order valence-corrected chi connectivity index (χ4v) is 1.79. The number of urea groups is 1. The molecule has 17 heavy (non-hydrogen) atoms. The van der Waals surface area contributed by atoms with Crippen molar-refractivity contribution in [1.29, 1.82) is 0 Å². The van der Waals surface area contributed by atoms with Gasteiger partial charge in [-0.3, -0.25) is 4.79 Å². The lowest BCUT2D eigenvalue weighted by Crippen LogP contribution is -2.48. The highest BCUT2D eigenvalue weighted by molar-refractivity contribution is 5.77. The van der Waals surface area contributed by atoms with E-state index in [2.05, 4.69) is 10.6 Å². The minimum absolute atomic E-state index is 0.179. The molecule has 2 N–H and O–H groups in total. The molecule has 1 fully saturated rings. The van der Waals surface area contributed by atoms with E-state index in [0.717, 1.165) is 19.4 Å². The molecule has 0 unspecified atom stereocenters. The summed E-state index contributed by atoms with van der Waals surface area (Å²) in [5, 5.41) is 5.58. The molecule has 1 saturated heterocycles. The Bertz CT molecular complexity index is 284. The number of carbonyl (C=O) groups excluding carboxylic acids is 2. The summed E-state index contributed by atoms with van der Waals surface area (Å²) in [5.74, 6) is 0.203. The molecule has 0 spiro atoms. The molecular formula is C12H23N3O2. The summed E-state index contributed by atoms with van der Waals surface area (Å²) < 4.78 is 0. The number of likely N-dealkylation sites (tertiary alicyclic amines) is 1. The molecule has 0 saturated carbocycles. The molecule has 3 amide bonds. The maximum absolute atomic E-state index is 11.5. The minimum atomic E-state index is -0.231. The lowest BCUT2D eigenvalue weighted by Gasteiger charge is -2.27. The number of carbonyl (C=O) groups is 2. The van der Waals surface area contributed by atoms with Gasteiger partial charge in [0, 0.05) is 31.6 Å². The fourth-order valence-electron chi connectivity index (χ4n) is 1.79. The van der Waals surface area contributed by atoms with Crippen molar-refractivity contribution in [2.45, 2.75) is 45.6 Å². The predicted molar refractivity (Wildman–Crippen MR) is 66.7 cm³/mol. The van der Waals surface area contributed by atoms with Gasteiger partial charge in [0.15, 0.2) is 0 Å². The van der Waals surface area contributed by atoms with Crippen molar-refractivity contribution in [3.8, 4) is 0 Å². The van der Waals surface area contributed by atoms with Gasteiger partial charge in [0.05, 0.1) is 0 Å². The van der Waals surface area contributed by atoms with E-state index < -0.39 is 0 Å². The molecule has 0 aliphatic carbocycles. The SMILES string of the molecule is CC(C)(C)NC(=O)NCCN1CCCCC1=O. The zero-order chi connectivity index (χ0) is 12.9. The van der Waals surface area contributed by atoms with Gasteiger partial charge in [-0.25, -0.2) is 4.79 Å². The standard InChI is InChI=1S/C12H23N3O2/c1-12(2,3)14-11(17)13-7-9-15-8-5-4-6-10(15)16/h4-9H2,1-3H3,(H2,13,14,17). The largest absolute Gasteiger partial charge is 0.341 e. The highest BCUT2D eigenvalue weighted by atomic mass is 16.2. The van der Waals surface area contributed by atoms with Crippen LogP contribution in [0.3, 0.4) is 0 Å². The Hall–Kier alpha value is -1.26. The molecule has 0 aromatic rings. The van der Waals surface area contributed by atoms with Gasteiger partial charge in [-0.1, -0.05) is 0 Å². The number of hydrogen-bond acceptors (Lipinski definition) is 2. The number of amides is 3. The first kappa shape index (κ1) is 13.8. The van der Waals surface area contributed by atoms with Crippen LogP contribution >= 0.6 is 0 Å². The molecule has 5 heteroatoms. The zero-order valence-electron chi connectivity index (χ0n) is 11.0. The summed E-state index contributed by atoms with van der Waals surface area (Å²) in [4.78, 5) is 24.8. The highest BCUT2D eigenvalue weighted by Crippen LogP contribution is 2.09. The smallest absolute Gasteiger partial charge is 0.315 e. The van der Waals surface area contributed by atoms with E-state index in [9.17, 15) is 9.59 Å². The van der Waals surface area contributed by atoms with E-state index in [4.69, 9.17) is 0 Å². The third-order valence-electron chi connectivity index (χ3n) is 2.58. The van der Waals surface area contributed by atoms with Gasteiger partial charge in [-0.15, -0.1) is 0 Å². The van der Waals surface area contributed by atoms with Crippen molar-refractivity contribution in [1.82, 2.24) is 15.5 Å². The first-order valence-electron chi connectivity index (χ1n) is 6.22. The maximum atomic E-state index is 11.5. The second-order valence-corrected chi connectivity index (χ2v) is 5.47. The lowest BCUT2D eigenvalue weighted by molar-refractivity contribution is -0.133. The Kier molecular flexibility index (Phi) is 4.78. The van der Waals surface area contributed by atoms with Crippen LogP contribution in [0.25, 0.3) is 0 Å². The van der Waals surface area contributed by atoms with Crippen LogP contribution in [0.4, 0.5) is 4.79 Å². The van der Waals surface area contributed by atoms with Crippen molar-refractivity contribution in [3.05, 3.63) is 0 Å². The Morgan fingerprint density at radius 1 is 1.35 bits per heavy atom. The molecule has 1 aliphatic rings. The molecule has 5 nitrogen and oxygen atoms in total. The fraction of sp³-hybridized carbons (Fsp3) is 0.833. The Labute approximate surface area is 103 Å². The van der Waals surface area contributed by atoms with Crippen LogP contribution in [0.5, 0.6) is 0 Å². The third kappa shape index (κ3) is 5.56. The molecule has 0 atom stereocenters. The van der Waals surface area contributed by atoms with Crippen LogP contribution in [-0.2, 0) is 4.79 Å². The Balaban J connectivity index is 2.19. The van der Waals surface area contributed by atoms with Crippen LogP contribution in [0.2, 0.25) is 0 Å². The van der Waals surface area contributed by atoms with Crippen LogP contribution in [0, 0.1) is 0 Å². The minimum Gasteiger partial charge on any atom is -0.341 e. The van der Waals surface area contributed by atoms with E-state index in [1.165, 1.54) is 0 Å². The van der Waals surface area contributed by atoms with Gasteiger partial charge in [-0.2, -0.15) is 0 Å². The molecule has 0 radical (unpaired) electrons. The van der Waals surface area contributed by atoms with Crippen molar-refractivity contribution in [2.75, 3.05) is 19.6 Å². The predicted octanol–water partition coefficient (Wildman–Crippen LogP) is 1.10. The molecule has 0 aromatic heterocycles. The molecule has 1 heterocycles. The van der Waals surface area contributed by atoms with Crippen LogP contribution in [0.1, 0.15) is 40.0 Å². The second kappa shape index (κ2) is 5.89. The van der Waals surface area contributed by atoms with Gasteiger partial charge in [0.2, 0.25) is 5.91 Å². The van der Waals surface area contributed by atoms with Gasteiger partial charge in [0.25, 0.3) is 0 Å². The van der Waals surface area contributed by atoms with Crippen LogP contribution < -0.4 is 10.6 Å². The van der Waals surface area contributed by atoms with Gasteiger partial charge < -0.3 is 15.5 Å². The Morgan fingerprint density at radius 2 is 2.06 bits per heavy atom. The highest BCUT2D eigenvalue weighted by Gasteiger charge is 2.18. The summed E-state index contributed by atoms with van der Waals surface area (Å²) in [6.45, 7) is 7.73. The van der Waals surface area contributed by atoms with Gasteiger partial charge in [0.1, 0.15) is 0 Å². The first-order valence-corrected chi connectivity index (χ1v) is 6.22. The molecule has 1 aliphatic heterocycles. The first-order chi connectivity index (χ1) is 7.88. The van der Waals surface area contributed by atoms with Crippen LogP contribution in [-0.4, -0.2) is 42.0 Å². The molecule has 0 bridgehead atoms. The van der Waals surface area contributed by atoms with Crippen molar-refractivity contribution >= 4 is 11.9 Å². The quantitative estimate of drug-likeness (QED) is 0.777. The number of piperidine rings is 1. The Morgan fingerprint density at radius 3 is 2.65 bits per heavy atom. The van der Waals surface area contributed by atoms with E-state index in [0.29, 0.717) is 19.5 Å². The zero-order valence-corrected chi connectivity index (χ0v) is 11.0. The van der Waals surface area contributed by atoms with E-state index in [1.807, 2.05) is 25.7 Å². The number of nitrogens with one attached hydrogen (secondary N) is 2. The van der Waals surface area contributed by atoms with Gasteiger partial charge >= 0.3 is 6.03 Å². The second-order valence-electron chi connectivity index (χ2n) is 5.47. The van der Waals surface area contributed by atoms with Crippen LogP contribution in [0.15, 0.2) is 0 Å². The molecule has 1 rings (SSSR count). The molecule has 98 valence electrons. The lowest BCUT2D eigenvalue weighted by atomic mass is 10.1. The van der Waals surface area contributed by atoms with Gasteiger partial charge in [-0.05, 0) is 33.6 Å². The summed E-state index contributed by atoms with van der Waals surface area (Å²) in [6, 6.07) is -0.179. The van der Waals surface area contributed by atoms with E-state index in [1.54, 1.807) is 0 Å². The normalized spacial score (nSPS) is 16.9. The van der Waals surface area contributed by atoms with E-state index >= 15 is 0 Å². The molecular weight excluding hydrogens is 218 g/mol. The number of hydrogen-bond donors (Lipinski definition) is 2. The average Bonchev–Trinajstić information content (AvgIpc) is 2.18. The third-order valence-corrected chi connectivity index (χ3v) is 2.58. The monoisotopic (exact) mass is 241 g/mol. The van der Waals surface area contributed by atoms with Crippen molar-refractivity contribution in [2.24, 2.45) is 0 Å². The number of rotatable bonds is 3. The summed E-state index contributed by atoms with van der Waals surface area (Å²) in [6.07, 6.45) is 2.71. The molecule has 0 aromatic carbocycles. The summed E-state index contributed by atoms with van der Waals surface area (Å²) in [5.41, 5.74) is -0.231. The van der Waals surface area contributed by atoms with Crippen molar-refractivity contribution < 1.29 is 9.59 Å². The summed E-state index contributed by atoms with van der Waals surface area (Å²) in [7, 11) is 0.